The normalized spacial score (nSPS) is 21.2. The minimum Gasteiger partial charge on any atom is -0.385 e. The highest BCUT2D eigenvalue weighted by molar-refractivity contribution is 5.74. The molecule has 0 saturated carbocycles. The minimum atomic E-state index is 0.443. The van der Waals surface area contributed by atoms with E-state index < -0.39 is 0 Å². The van der Waals surface area contributed by atoms with E-state index in [9.17, 15) is 0 Å². The fourth-order valence-electron chi connectivity index (χ4n) is 4.13. The molecule has 1 N–H and O–H groups in total. The number of ether oxygens (including phenoxy) is 1. The summed E-state index contributed by atoms with van der Waals surface area (Å²) in [7, 11) is 1.71. The maximum absolute atomic E-state index is 5.13. The molecule has 0 radical (unpaired) electrons. The summed E-state index contributed by atoms with van der Waals surface area (Å²) in [5, 5.41) is 11.1. The van der Waals surface area contributed by atoms with Crippen LogP contribution in [-0.2, 0) is 4.74 Å². The standard InChI is InChI=1S/C18H29N7O2/c1-26-11-5-7-19-17-18(21-16-15(20-17)22-27-23-16)25-10-4-6-14(13-25)12-24-8-2-3-9-24/h14H,2-13H2,1H3,(H,19,20,22). The van der Waals surface area contributed by atoms with Crippen molar-refractivity contribution < 1.29 is 9.37 Å². The number of hydrogen-bond acceptors (Lipinski definition) is 9. The van der Waals surface area contributed by atoms with Crippen molar-refractivity contribution in [1.82, 2.24) is 25.2 Å². The van der Waals surface area contributed by atoms with Gasteiger partial charge < -0.3 is 19.9 Å². The first-order valence-corrected chi connectivity index (χ1v) is 10.0. The Balaban J connectivity index is 1.49. The first-order valence-electron chi connectivity index (χ1n) is 10.0. The highest BCUT2D eigenvalue weighted by Gasteiger charge is 2.27. The predicted octanol–water partition coefficient (Wildman–Crippen LogP) is 1.77. The maximum Gasteiger partial charge on any atom is 0.245 e. The third-order valence-corrected chi connectivity index (χ3v) is 5.45. The zero-order chi connectivity index (χ0) is 18.5. The first kappa shape index (κ1) is 18.4. The van der Waals surface area contributed by atoms with Crippen LogP contribution in [0, 0.1) is 5.92 Å². The summed E-state index contributed by atoms with van der Waals surface area (Å²) in [6.07, 6.45) is 6.05. The molecular weight excluding hydrogens is 346 g/mol. The van der Waals surface area contributed by atoms with Gasteiger partial charge in [0.15, 0.2) is 11.6 Å². The molecule has 2 aromatic heterocycles. The van der Waals surface area contributed by atoms with Crippen LogP contribution in [-0.4, -0.2) is 78.2 Å². The van der Waals surface area contributed by atoms with Crippen LogP contribution < -0.4 is 10.2 Å². The van der Waals surface area contributed by atoms with Gasteiger partial charge in [-0.1, -0.05) is 0 Å². The lowest BCUT2D eigenvalue weighted by molar-refractivity contribution is 0.197. The Hall–Kier alpha value is -2.00. The summed E-state index contributed by atoms with van der Waals surface area (Å²) >= 11 is 0. The molecule has 1 atom stereocenters. The Morgan fingerprint density at radius 1 is 1.11 bits per heavy atom. The van der Waals surface area contributed by atoms with Crippen LogP contribution in [0.4, 0.5) is 11.6 Å². The molecule has 2 aliphatic heterocycles. The monoisotopic (exact) mass is 375 g/mol. The van der Waals surface area contributed by atoms with E-state index in [1.54, 1.807) is 7.11 Å². The summed E-state index contributed by atoms with van der Waals surface area (Å²) < 4.78 is 9.95. The van der Waals surface area contributed by atoms with Crippen molar-refractivity contribution in [1.29, 1.82) is 0 Å². The van der Waals surface area contributed by atoms with E-state index in [1.807, 2.05) is 0 Å². The summed E-state index contributed by atoms with van der Waals surface area (Å²) in [5.41, 5.74) is 0.910. The molecule has 4 rings (SSSR count). The van der Waals surface area contributed by atoms with Gasteiger partial charge in [-0.05, 0) is 61.4 Å². The smallest absolute Gasteiger partial charge is 0.245 e. The van der Waals surface area contributed by atoms with E-state index in [0.717, 1.165) is 37.7 Å². The number of aromatic nitrogens is 4. The van der Waals surface area contributed by atoms with Gasteiger partial charge in [0.05, 0.1) is 0 Å². The molecular formula is C18H29N7O2. The second kappa shape index (κ2) is 8.79. The molecule has 9 nitrogen and oxygen atoms in total. The molecule has 2 fully saturated rings. The van der Waals surface area contributed by atoms with Crippen LogP contribution in [0.25, 0.3) is 11.3 Å². The minimum absolute atomic E-state index is 0.443. The molecule has 0 bridgehead atoms. The van der Waals surface area contributed by atoms with Crippen LogP contribution in [0.5, 0.6) is 0 Å². The number of nitrogens with one attached hydrogen (secondary N) is 1. The molecule has 0 aliphatic carbocycles. The molecule has 2 saturated heterocycles. The lowest BCUT2D eigenvalue weighted by Crippen LogP contribution is -2.41. The second-order valence-corrected chi connectivity index (χ2v) is 7.54. The largest absolute Gasteiger partial charge is 0.385 e. The number of piperidine rings is 1. The number of nitrogens with zero attached hydrogens (tertiary/aromatic N) is 6. The molecule has 0 amide bonds. The Bertz CT molecular complexity index is 732. The number of rotatable bonds is 8. The summed E-state index contributed by atoms with van der Waals surface area (Å²) in [5.74, 6) is 2.30. The van der Waals surface area contributed by atoms with E-state index in [2.05, 4.69) is 30.4 Å². The van der Waals surface area contributed by atoms with Gasteiger partial charge in [-0.25, -0.2) is 14.6 Å². The van der Waals surface area contributed by atoms with Gasteiger partial charge in [-0.2, -0.15) is 0 Å². The van der Waals surface area contributed by atoms with Crippen molar-refractivity contribution in [2.24, 2.45) is 5.92 Å². The molecule has 0 spiro atoms. The van der Waals surface area contributed by atoms with Crippen molar-refractivity contribution in [3.8, 4) is 0 Å². The van der Waals surface area contributed by atoms with Crippen LogP contribution in [0.15, 0.2) is 4.63 Å². The molecule has 0 aromatic carbocycles. The third kappa shape index (κ3) is 4.47. The average Bonchev–Trinajstić information content (AvgIpc) is 3.36. The van der Waals surface area contributed by atoms with Crippen molar-refractivity contribution in [3.05, 3.63) is 0 Å². The van der Waals surface area contributed by atoms with Crippen LogP contribution >= 0.6 is 0 Å². The highest BCUT2D eigenvalue weighted by atomic mass is 16.6. The van der Waals surface area contributed by atoms with Gasteiger partial charge in [-0.15, -0.1) is 0 Å². The van der Waals surface area contributed by atoms with Gasteiger partial charge in [-0.3, -0.25) is 0 Å². The van der Waals surface area contributed by atoms with Crippen molar-refractivity contribution in [3.63, 3.8) is 0 Å². The molecule has 2 aliphatic rings. The SMILES string of the molecule is COCCCNc1nc2nonc2nc1N1CCCC(CN2CCCC2)C1. The summed E-state index contributed by atoms with van der Waals surface area (Å²) in [4.78, 5) is 14.3. The quantitative estimate of drug-likeness (QED) is 0.693. The molecule has 27 heavy (non-hydrogen) atoms. The second-order valence-electron chi connectivity index (χ2n) is 7.54. The van der Waals surface area contributed by atoms with E-state index in [1.165, 1.54) is 45.3 Å². The highest BCUT2D eigenvalue weighted by Crippen LogP contribution is 2.29. The van der Waals surface area contributed by atoms with Crippen molar-refractivity contribution in [2.75, 3.05) is 63.2 Å². The van der Waals surface area contributed by atoms with E-state index in [0.29, 0.717) is 23.8 Å². The zero-order valence-electron chi connectivity index (χ0n) is 16.1. The van der Waals surface area contributed by atoms with Crippen molar-refractivity contribution >= 4 is 22.9 Å². The molecule has 2 aromatic rings. The van der Waals surface area contributed by atoms with E-state index in [-0.39, 0.29) is 0 Å². The average molecular weight is 375 g/mol. The van der Waals surface area contributed by atoms with Crippen LogP contribution in [0.1, 0.15) is 32.1 Å². The third-order valence-electron chi connectivity index (χ3n) is 5.45. The molecule has 9 heteroatoms. The maximum atomic E-state index is 5.13. The van der Waals surface area contributed by atoms with E-state index >= 15 is 0 Å². The first-order chi connectivity index (χ1) is 13.3. The number of likely N-dealkylation sites (tertiary alicyclic amines) is 1. The van der Waals surface area contributed by atoms with Gasteiger partial charge in [0, 0.05) is 39.9 Å². The molecule has 1 unspecified atom stereocenters. The topological polar surface area (TPSA) is 92.4 Å². The fraction of sp³-hybridized carbons (Fsp3) is 0.778. The summed E-state index contributed by atoms with van der Waals surface area (Å²) in [6.45, 7) is 7.18. The number of hydrogen-bond donors (Lipinski definition) is 1. The van der Waals surface area contributed by atoms with Gasteiger partial charge in [0.25, 0.3) is 0 Å². The lowest BCUT2D eigenvalue weighted by Gasteiger charge is -2.35. The van der Waals surface area contributed by atoms with Gasteiger partial charge in [0.1, 0.15) is 0 Å². The van der Waals surface area contributed by atoms with Gasteiger partial charge >= 0.3 is 0 Å². The lowest BCUT2D eigenvalue weighted by atomic mass is 9.97. The zero-order valence-corrected chi connectivity index (χ0v) is 16.1. The summed E-state index contributed by atoms with van der Waals surface area (Å²) in [6, 6.07) is 0. The number of methoxy groups -OCH3 is 1. The molecule has 4 heterocycles. The molecule has 148 valence electrons. The van der Waals surface area contributed by atoms with Crippen molar-refractivity contribution in [2.45, 2.75) is 32.1 Å². The van der Waals surface area contributed by atoms with E-state index in [4.69, 9.17) is 14.3 Å². The predicted molar refractivity (Wildman–Crippen MR) is 103 cm³/mol. The Morgan fingerprint density at radius 2 is 1.93 bits per heavy atom. The fourth-order valence-corrected chi connectivity index (χ4v) is 4.13. The van der Waals surface area contributed by atoms with Crippen LogP contribution in [0.2, 0.25) is 0 Å². The number of anilines is 2. The Morgan fingerprint density at radius 3 is 2.74 bits per heavy atom. The Labute approximate surface area is 159 Å². The van der Waals surface area contributed by atoms with Crippen LogP contribution in [0.3, 0.4) is 0 Å². The number of fused-ring (bicyclic) bond motifs is 1. The van der Waals surface area contributed by atoms with Gasteiger partial charge in [0.2, 0.25) is 11.3 Å². The Kier molecular flexibility index (Phi) is 5.98.